The first-order valence-corrected chi connectivity index (χ1v) is 7.97. The number of β-amino-alcohol motifs (C(OH)–C–C–N with tert-alkyl or cyclic N) is 1. The Hall–Kier alpha value is -2.15. The summed E-state index contributed by atoms with van der Waals surface area (Å²) in [5.74, 6) is -0.821. The molecule has 7 nitrogen and oxygen atoms in total. The van der Waals surface area contributed by atoms with Crippen molar-refractivity contribution in [2.75, 3.05) is 31.1 Å². The first kappa shape index (κ1) is 15.7. The number of anilines is 1. The molecule has 2 fully saturated rings. The van der Waals surface area contributed by atoms with E-state index < -0.39 is 11.6 Å². The molecular weight excluding hydrogens is 298 g/mol. The molecular formula is C16H21N3O4. The van der Waals surface area contributed by atoms with Crippen molar-refractivity contribution in [2.45, 2.75) is 31.3 Å². The number of carboxylic acids is 1. The van der Waals surface area contributed by atoms with Gasteiger partial charge in [-0.25, -0.2) is 9.78 Å². The monoisotopic (exact) mass is 319 g/mol. The zero-order valence-corrected chi connectivity index (χ0v) is 12.9. The van der Waals surface area contributed by atoms with E-state index in [0.29, 0.717) is 38.3 Å². The zero-order valence-electron chi connectivity index (χ0n) is 12.9. The lowest BCUT2D eigenvalue weighted by Gasteiger charge is -2.40. The standard InChI is InChI=1S/C16H21N3O4/c20-14(21)12-5-3-6-13(17-12)19-10-4-7-16(23,11-19)15(22)18-8-1-2-9-18/h3,5-6,23H,1-2,4,7-11H2,(H,20,21). The number of nitrogens with zero attached hydrogens (tertiary/aromatic N) is 3. The van der Waals surface area contributed by atoms with Crippen LogP contribution in [0.2, 0.25) is 0 Å². The van der Waals surface area contributed by atoms with Gasteiger partial charge in [-0.2, -0.15) is 0 Å². The molecule has 1 aromatic rings. The van der Waals surface area contributed by atoms with E-state index in [1.807, 2.05) is 0 Å². The number of aromatic carboxylic acids is 1. The molecule has 7 heteroatoms. The lowest BCUT2D eigenvalue weighted by Crippen LogP contribution is -2.58. The topological polar surface area (TPSA) is 94.0 Å². The van der Waals surface area contributed by atoms with Crippen molar-refractivity contribution >= 4 is 17.7 Å². The Morgan fingerprint density at radius 3 is 2.57 bits per heavy atom. The molecule has 0 bridgehead atoms. The van der Waals surface area contributed by atoms with Gasteiger partial charge in [-0.05, 0) is 37.8 Å². The first-order valence-electron chi connectivity index (χ1n) is 7.97. The average Bonchev–Trinajstić information content (AvgIpc) is 3.08. The Labute approximate surface area is 134 Å². The highest BCUT2D eigenvalue weighted by Gasteiger charge is 2.43. The number of pyridine rings is 1. The van der Waals surface area contributed by atoms with Gasteiger partial charge in [0.05, 0.1) is 6.54 Å². The van der Waals surface area contributed by atoms with Gasteiger partial charge in [0.25, 0.3) is 5.91 Å². The van der Waals surface area contributed by atoms with Crippen LogP contribution in [0.5, 0.6) is 0 Å². The van der Waals surface area contributed by atoms with E-state index in [0.717, 1.165) is 12.8 Å². The van der Waals surface area contributed by atoms with Gasteiger partial charge in [0.15, 0.2) is 11.3 Å². The second kappa shape index (κ2) is 6.16. The van der Waals surface area contributed by atoms with Gasteiger partial charge in [0, 0.05) is 19.6 Å². The van der Waals surface area contributed by atoms with Crippen LogP contribution in [-0.4, -0.2) is 63.8 Å². The van der Waals surface area contributed by atoms with Crippen molar-refractivity contribution in [2.24, 2.45) is 0 Å². The number of likely N-dealkylation sites (tertiary alicyclic amines) is 1. The number of carboxylic acid groups (broad SMARTS) is 1. The summed E-state index contributed by atoms with van der Waals surface area (Å²) in [5, 5.41) is 19.9. The van der Waals surface area contributed by atoms with E-state index in [1.165, 1.54) is 6.07 Å². The quantitative estimate of drug-likeness (QED) is 0.853. The highest BCUT2D eigenvalue weighted by Crippen LogP contribution is 2.28. The number of aromatic nitrogens is 1. The van der Waals surface area contributed by atoms with Crippen LogP contribution in [-0.2, 0) is 4.79 Å². The Morgan fingerprint density at radius 2 is 1.87 bits per heavy atom. The van der Waals surface area contributed by atoms with Crippen LogP contribution in [0.1, 0.15) is 36.2 Å². The largest absolute Gasteiger partial charge is 0.477 e. The van der Waals surface area contributed by atoms with Crippen molar-refractivity contribution in [3.8, 4) is 0 Å². The van der Waals surface area contributed by atoms with Crippen LogP contribution in [0.15, 0.2) is 18.2 Å². The number of hydrogen-bond donors (Lipinski definition) is 2. The van der Waals surface area contributed by atoms with Crippen molar-refractivity contribution < 1.29 is 19.8 Å². The SMILES string of the molecule is O=C(O)c1cccc(N2CCCC(O)(C(=O)N3CCCC3)C2)n1. The van der Waals surface area contributed by atoms with E-state index in [-0.39, 0.29) is 18.1 Å². The summed E-state index contributed by atoms with van der Waals surface area (Å²) >= 11 is 0. The molecule has 2 saturated heterocycles. The molecule has 0 aromatic carbocycles. The fraction of sp³-hybridized carbons (Fsp3) is 0.562. The smallest absolute Gasteiger partial charge is 0.354 e. The van der Waals surface area contributed by atoms with Crippen molar-refractivity contribution in [3.05, 3.63) is 23.9 Å². The number of amides is 1. The Morgan fingerprint density at radius 1 is 1.13 bits per heavy atom. The number of hydrogen-bond acceptors (Lipinski definition) is 5. The second-order valence-corrected chi connectivity index (χ2v) is 6.24. The molecule has 2 aliphatic rings. The van der Waals surface area contributed by atoms with Crippen LogP contribution >= 0.6 is 0 Å². The third-order valence-corrected chi connectivity index (χ3v) is 4.54. The lowest BCUT2D eigenvalue weighted by molar-refractivity contribution is -0.151. The van der Waals surface area contributed by atoms with Crippen LogP contribution < -0.4 is 4.90 Å². The highest BCUT2D eigenvalue weighted by atomic mass is 16.4. The van der Waals surface area contributed by atoms with Crippen molar-refractivity contribution in [1.29, 1.82) is 0 Å². The molecule has 3 heterocycles. The van der Waals surface area contributed by atoms with E-state index in [9.17, 15) is 14.7 Å². The van der Waals surface area contributed by atoms with Gasteiger partial charge in [0.1, 0.15) is 5.82 Å². The van der Waals surface area contributed by atoms with Gasteiger partial charge in [0.2, 0.25) is 0 Å². The molecule has 2 aliphatic heterocycles. The van der Waals surface area contributed by atoms with Crippen LogP contribution in [0.4, 0.5) is 5.82 Å². The Bertz CT molecular complexity index is 615. The van der Waals surface area contributed by atoms with Crippen molar-refractivity contribution in [3.63, 3.8) is 0 Å². The van der Waals surface area contributed by atoms with E-state index in [4.69, 9.17) is 5.11 Å². The average molecular weight is 319 g/mol. The molecule has 2 N–H and O–H groups in total. The molecule has 0 radical (unpaired) electrons. The van der Waals surface area contributed by atoms with Crippen LogP contribution in [0, 0.1) is 0 Å². The lowest BCUT2D eigenvalue weighted by atomic mass is 9.91. The number of carbonyl (C=O) groups is 2. The second-order valence-electron chi connectivity index (χ2n) is 6.24. The van der Waals surface area contributed by atoms with E-state index in [2.05, 4.69) is 4.98 Å². The maximum Gasteiger partial charge on any atom is 0.354 e. The summed E-state index contributed by atoms with van der Waals surface area (Å²) in [4.78, 5) is 31.3. The minimum absolute atomic E-state index is 0.0394. The molecule has 0 saturated carbocycles. The van der Waals surface area contributed by atoms with Gasteiger partial charge in [-0.3, -0.25) is 4.79 Å². The maximum absolute atomic E-state index is 12.6. The minimum atomic E-state index is -1.41. The Balaban J connectivity index is 1.78. The molecule has 1 amide bonds. The molecule has 124 valence electrons. The molecule has 0 spiro atoms. The molecule has 23 heavy (non-hydrogen) atoms. The zero-order chi connectivity index (χ0) is 16.4. The predicted molar refractivity (Wildman–Crippen MR) is 83.4 cm³/mol. The fourth-order valence-electron chi connectivity index (χ4n) is 3.34. The molecule has 1 atom stereocenters. The van der Waals surface area contributed by atoms with Gasteiger partial charge in [-0.1, -0.05) is 6.07 Å². The summed E-state index contributed by atoms with van der Waals surface area (Å²) in [7, 11) is 0. The number of piperidine rings is 1. The summed E-state index contributed by atoms with van der Waals surface area (Å²) < 4.78 is 0. The van der Waals surface area contributed by atoms with E-state index in [1.54, 1.807) is 21.9 Å². The number of rotatable bonds is 3. The summed E-state index contributed by atoms with van der Waals surface area (Å²) in [5.41, 5.74) is -1.45. The fourth-order valence-corrected chi connectivity index (χ4v) is 3.34. The third kappa shape index (κ3) is 3.14. The highest BCUT2D eigenvalue weighted by molar-refractivity contribution is 5.87. The first-order chi connectivity index (χ1) is 11.0. The number of aliphatic hydroxyl groups is 1. The van der Waals surface area contributed by atoms with Gasteiger partial charge in [-0.15, -0.1) is 0 Å². The minimum Gasteiger partial charge on any atom is -0.477 e. The van der Waals surface area contributed by atoms with Crippen LogP contribution in [0.3, 0.4) is 0 Å². The normalized spacial score (nSPS) is 24.7. The third-order valence-electron chi connectivity index (χ3n) is 4.54. The Kier molecular flexibility index (Phi) is 4.21. The van der Waals surface area contributed by atoms with Gasteiger partial charge < -0.3 is 20.0 Å². The predicted octanol–water partition coefficient (Wildman–Crippen LogP) is 0.733. The summed E-state index contributed by atoms with van der Waals surface area (Å²) in [6.45, 7) is 2.20. The summed E-state index contributed by atoms with van der Waals surface area (Å²) in [6.07, 6.45) is 3.05. The maximum atomic E-state index is 12.6. The molecule has 1 unspecified atom stereocenters. The molecule has 1 aromatic heterocycles. The van der Waals surface area contributed by atoms with Gasteiger partial charge >= 0.3 is 5.97 Å². The molecule has 3 rings (SSSR count). The van der Waals surface area contributed by atoms with Crippen LogP contribution in [0.25, 0.3) is 0 Å². The van der Waals surface area contributed by atoms with Crippen molar-refractivity contribution in [1.82, 2.24) is 9.88 Å². The molecule has 0 aliphatic carbocycles. The summed E-state index contributed by atoms with van der Waals surface area (Å²) in [6, 6.07) is 4.76. The number of carbonyl (C=O) groups excluding carboxylic acids is 1. The van der Waals surface area contributed by atoms with E-state index >= 15 is 0 Å².